The number of amides is 1. The predicted octanol–water partition coefficient (Wildman–Crippen LogP) is 3.34. The number of hydrogen-bond acceptors (Lipinski definition) is 6. The Morgan fingerprint density at radius 3 is 2.59 bits per heavy atom. The largest absolute Gasteiger partial charge is 0.507 e. The van der Waals surface area contributed by atoms with Gasteiger partial charge in [0.1, 0.15) is 6.04 Å². The maximum Gasteiger partial charge on any atom is 0.507 e. The smallest absolute Gasteiger partial charge is 0.465 e. The second kappa shape index (κ2) is 11.3. The zero-order valence-corrected chi connectivity index (χ0v) is 18.9. The van der Waals surface area contributed by atoms with Gasteiger partial charge in [0.05, 0.1) is 12.6 Å². The second-order valence-electron chi connectivity index (χ2n) is 8.65. The molecule has 2 N–H and O–H groups in total. The summed E-state index contributed by atoms with van der Waals surface area (Å²) in [6.45, 7) is 3.72. The first kappa shape index (κ1) is 24.0. The molecule has 1 aromatic rings. The van der Waals surface area contributed by atoms with Crippen molar-refractivity contribution in [2.24, 2.45) is 5.92 Å². The molecule has 0 aromatic heterocycles. The fourth-order valence-corrected chi connectivity index (χ4v) is 5.01. The summed E-state index contributed by atoms with van der Waals surface area (Å²) in [4.78, 5) is 38.8. The van der Waals surface area contributed by atoms with Crippen LogP contribution in [0, 0.1) is 5.92 Å². The van der Waals surface area contributed by atoms with Crippen LogP contribution in [0.5, 0.6) is 0 Å². The van der Waals surface area contributed by atoms with Gasteiger partial charge in [-0.05, 0) is 51.0 Å². The molecular formula is C24H34N2O6. The van der Waals surface area contributed by atoms with Crippen molar-refractivity contribution in [3.63, 3.8) is 0 Å². The van der Waals surface area contributed by atoms with E-state index in [1.165, 1.54) is 0 Å². The van der Waals surface area contributed by atoms with Crippen LogP contribution in [0.3, 0.4) is 0 Å². The summed E-state index contributed by atoms with van der Waals surface area (Å²) in [5, 5.41) is 12.3. The van der Waals surface area contributed by atoms with Gasteiger partial charge in [0.25, 0.3) is 0 Å². The van der Waals surface area contributed by atoms with E-state index in [-0.39, 0.29) is 24.5 Å². The lowest BCUT2D eigenvalue weighted by Crippen LogP contribution is -2.55. The molecule has 3 rings (SSSR count). The van der Waals surface area contributed by atoms with Crippen LogP contribution in [0.15, 0.2) is 30.3 Å². The van der Waals surface area contributed by atoms with E-state index in [2.05, 4.69) is 5.32 Å². The molecule has 1 saturated heterocycles. The molecule has 0 spiro atoms. The van der Waals surface area contributed by atoms with Gasteiger partial charge in [-0.15, -0.1) is 0 Å². The first-order valence-electron chi connectivity index (χ1n) is 11.6. The average molecular weight is 447 g/mol. The molecule has 2 aliphatic rings. The number of carbonyl (C=O) groups is 3. The van der Waals surface area contributed by atoms with E-state index in [0.717, 1.165) is 31.2 Å². The van der Waals surface area contributed by atoms with Crippen LogP contribution in [-0.2, 0) is 25.5 Å². The van der Waals surface area contributed by atoms with Gasteiger partial charge in [-0.2, -0.15) is 0 Å². The molecule has 8 heteroatoms. The lowest BCUT2D eigenvalue weighted by Gasteiger charge is -2.35. The zero-order chi connectivity index (χ0) is 23.1. The molecule has 1 aliphatic heterocycles. The highest BCUT2D eigenvalue weighted by atomic mass is 16.7. The highest BCUT2D eigenvalue weighted by molar-refractivity contribution is 5.84. The van der Waals surface area contributed by atoms with Crippen LogP contribution in [0.2, 0.25) is 0 Å². The fourth-order valence-electron chi connectivity index (χ4n) is 5.01. The fraction of sp³-hybridized carbons (Fsp3) is 0.625. The second-order valence-corrected chi connectivity index (χ2v) is 8.65. The van der Waals surface area contributed by atoms with Gasteiger partial charge >= 0.3 is 12.1 Å². The number of hydrogen-bond donors (Lipinski definition) is 2. The first-order chi connectivity index (χ1) is 15.4. The van der Waals surface area contributed by atoms with Crippen molar-refractivity contribution < 1.29 is 29.0 Å². The summed E-state index contributed by atoms with van der Waals surface area (Å²) in [6, 6.07) is 8.50. The number of carboxylic acid groups (broad SMARTS) is 1. The van der Waals surface area contributed by atoms with Crippen molar-refractivity contribution in [3.05, 3.63) is 35.9 Å². The Morgan fingerprint density at radius 2 is 1.91 bits per heavy atom. The predicted molar refractivity (Wildman–Crippen MR) is 118 cm³/mol. The van der Waals surface area contributed by atoms with Crippen molar-refractivity contribution in [1.29, 1.82) is 0 Å². The number of esters is 1. The topological polar surface area (TPSA) is 105 Å². The van der Waals surface area contributed by atoms with Crippen LogP contribution in [0.25, 0.3) is 0 Å². The number of fused-ring (bicyclic) bond motifs is 1. The Kier molecular flexibility index (Phi) is 8.50. The van der Waals surface area contributed by atoms with E-state index in [1.807, 2.05) is 30.3 Å². The minimum Gasteiger partial charge on any atom is -0.465 e. The molecule has 5 unspecified atom stereocenters. The maximum absolute atomic E-state index is 13.4. The monoisotopic (exact) mass is 446 g/mol. The van der Waals surface area contributed by atoms with Crippen molar-refractivity contribution in [3.8, 4) is 0 Å². The SMILES string of the molecule is CCOC(=O)C(CCc1ccccc1)NC(C)C(=O)N1C(OC(=O)O)CC2CCCCC21. The summed E-state index contributed by atoms with van der Waals surface area (Å²) >= 11 is 0. The maximum atomic E-state index is 13.4. The quantitative estimate of drug-likeness (QED) is 0.561. The number of rotatable bonds is 9. The van der Waals surface area contributed by atoms with E-state index in [9.17, 15) is 14.4 Å². The normalized spacial score (nSPS) is 24.3. The molecule has 1 aromatic carbocycles. The minimum atomic E-state index is -1.38. The standard InChI is InChI=1S/C24H34N2O6/c1-3-31-23(28)19(14-13-17-9-5-4-6-10-17)25-16(2)22(27)26-20-12-8-7-11-18(20)15-21(26)32-24(29)30/h4-6,9-10,16,18-21,25H,3,7-8,11-15H2,1-2H3,(H,29,30). The molecule has 0 radical (unpaired) electrons. The lowest BCUT2D eigenvalue weighted by molar-refractivity contribution is -0.148. The van der Waals surface area contributed by atoms with E-state index in [4.69, 9.17) is 14.6 Å². The van der Waals surface area contributed by atoms with Crippen molar-refractivity contribution in [1.82, 2.24) is 10.2 Å². The molecule has 2 fully saturated rings. The summed E-state index contributed by atoms with van der Waals surface area (Å²) in [6.07, 6.45) is 3.44. The van der Waals surface area contributed by atoms with Crippen molar-refractivity contribution in [2.75, 3.05) is 6.61 Å². The van der Waals surface area contributed by atoms with E-state index in [0.29, 0.717) is 19.3 Å². The molecule has 1 heterocycles. The third-order valence-electron chi connectivity index (χ3n) is 6.49. The van der Waals surface area contributed by atoms with Crippen LogP contribution in [0.4, 0.5) is 4.79 Å². The highest BCUT2D eigenvalue weighted by Crippen LogP contribution is 2.40. The first-order valence-corrected chi connectivity index (χ1v) is 11.6. The van der Waals surface area contributed by atoms with E-state index < -0.39 is 30.4 Å². The van der Waals surface area contributed by atoms with Crippen LogP contribution in [0.1, 0.15) is 57.9 Å². The number of nitrogens with one attached hydrogen (secondary N) is 1. The number of ether oxygens (including phenoxy) is 2. The van der Waals surface area contributed by atoms with Gasteiger partial charge in [-0.25, -0.2) is 4.79 Å². The summed E-state index contributed by atoms with van der Waals surface area (Å²) in [7, 11) is 0. The number of nitrogens with zero attached hydrogens (tertiary/aromatic N) is 1. The molecule has 5 atom stereocenters. The molecule has 8 nitrogen and oxygen atoms in total. The molecule has 176 valence electrons. The zero-order valence-electron chi connectivity index (χ0n) is 18.9. The average Bonchev–Trinajstić information content (AvgIpc) is 3.13. The van der Waals surface area contributed by atoms with Gasteiger partial charge in [0.2, 0.25) is 5.91 Å². The number of carbonyl (C=O) groups excluding carboxylic acids is 2. The van der Waals surface area contributed by atoms with Crippen LogP contribution < -0.4 is 5.32 Å². The third-order valence-corrected chi connectivity index (χ3v) is 6.49. The van der Waals surface area contributed by atoms with Gasteiger partial charge in [-0.1, -0.05) is 43.2 Å². The van der Waals surface area contributed by atoms with Gasteiger partial charge in [-0.3, -0.25) is 14.9 Å². The van der Waals surface area contributed by atoms with Gasteiger partial charge < -0.3 is 19.5 Å². The van der Waals surface area contributed by atoms with E-state index in [1.54, 1.807) is 18.7 Å². The Balaban J connectivity index is 1.70. The number of aryl methyl sites for hydroxylation is 1. The summed E-state index contributed by atoms with van der Waals surface area (Å²) in [5.74, 6) is -0.374. The molecule has 1 amide bonds. The Bertz CT molecular complexity index is 786. The molecule has 1 aliphatic carbocycles. The summed E-state index contributed by atoms with van der Waals surface area (Å²) in [5.41, 5.74) is 1.10. The van der Waals surface area contributed by atoms with Crippen LogP contribution >= 0.6 is 0 Å². The highest BCUT2D eigenvalue weighted by Gasteiger charge is 2.47. The van der Waals surface area contributed by atoms with Crippen LogP contribution in [-0.4, -0.2) is 59.0 Å². The number of likely N-dealkylation sites (tertiary alicyclic amines) is 1. The molecular weight excluding hydrogens is 412 g/mol. The Morgan fingerprint density at radius 1 is 1.19 bits per heavy atom. The van der Waals surface area contributed by atoms with Crippen molar-refractivity contribution in [2.45, 2.75) is 83.1 Å². The molecule has 1 saturated carbocycles. The third kappa shape index (κ3) is 6.00. The number of benzene rings is 1. The van der Waals surface area contributed by atoms with Crippen molar-refractivity contribution >= 4 is 18.0 Å². The van der Waals surface area contributed by atoms with E-state index >= 15 is 0 Å². The van der Waals surface area contributed by atoms with Gasteiger partial charge in [0.15, 0.2) is 6.23 Å². The summed E-state index contributed by atoms with van der Waals surface area (Å²) < 4.78 is 10.3. The lowest BCUT2D eigenvalue weighted by atomic mass is 9.85. The Hall–Kier alpha value is -2.61. The Labute approximate surface area is 189 Å². The molecule has 32 heavy (non-hydrogen) atoms. The molecule has 0 bridgehead atoms. The van der Waals surface area contributed by atoms with Gasteiger partial charge in [0, 0.05) is 12.5 Å². The minimum absolute atomic E-state index is 0.0183.